The second-order valence-electron chi connectivity index (χ2n) is 7.11. The number of carbonyl (C=O) groups is 2. The molecule has 1 unspecified atom stereocenters. The Labute approximate surface area is 172 Å². The lowest BCUT2D eigenvalue weighted by atomic mass is 9.94. The van der Waals surface area contributed by atoms with Crippen LogP contribution in [0.25, 0.3) is 0 Å². The van der Waals surface area contributed by atoms with Crippen molar-refractivity contribution < 1.29 is 14.1 Å². The number of amides is 2. The second-order valence-corrected chi connectivity index (χ2v) is 8.08. The van der Waals surface area contributed by atoms with Crippen molar-refractivity contribution >= 4 is 23.2 Å². The number of hydrogen-bond donors (Lipinski definition) is 1. The van der Waals surface area contributed by atoms with E-state index in [0.717, 1.165) is 16.1 Å². The SMILES string of the molecule is Cc1cccnc1C(NC(=O)C1CCN(C(=O)c2ccno2)CC1)c1cccs1. The molecule has 4 heterocycles. The molecule has 3 aromatic heterocycles. The molecule has 0 aromatic carbocycles. The van der Waals surface area contributed by atoms with Gasteiger partial charge in [-0.3, -0.25) is 14.6 Å². The zero-order valence-electron chi connectivity index (χ0n) is 16.1. The highest BCUT2D eigenvalue weighted by molar-refractivity contribution is 7.10. The second kappa shape index (κ2) is 8.57. The number of rotatable bonds is 5. The van der Waals surface area contributed by atoms with Crippen LogP contribution in [0, 0.1) is 12.8 Å². The van der Waals surface area contributed by atoms with E-state index in [2.05, 4.69) is 15.5 Å². The van der Waals surface area contributed by atoms with Crippen molar-refractivity contribution in [2.24, 2.45) is 5.92 Å². The van der Waals surface area contributed by atoms with Crippen LogP contribution in [-0.2, 0) is 4.79 Å². The molecule has 2 amide bonds. The first-order valence-electron chi connectivity index (χ1n) is 9.58. The lowest BCUT2D eigenvalue weighted by Gasteiger charge is -2.31. The van der Waals surface area contributed by atoms with E-state index in [-0.39, 0.29) is 29.5 Å². The number of carbonyl (C=O) groups excluding carboxylic acids is 2. The van der Waals surface area contributed by atoms with Crippen LogP contribution in [0.1, 0.15) is 45.6 Å². The molecule has 3 aromatic rings. The Bertz CT molecular complexity index is 964. The van der Waals surface area contributed by atoms with Crippen molar-refractivity contribution in [2.45, 2.75) is 25.8 Å². The molecule has 0 saturated carbocycles. The number of pyridine rings is 1. The minimum Gasteiger partial charge on any atom is -0.351 e. The van der Waals surface area contributed by atoms with Gasteiger partial charge in [-0.25, -0.2) is 0 Å². The predicted octanol–water partition coefficient (Wildman–Crippen LogP) is 3.20. The van der Waals surface area contributed by atoms with E-state index in [9.17, 15) is 9.59 Å². The highest BCUT2D eigenvalue weighted by Gasteiger charge is 2.31. The summed E-state index contributed by atoms with van der Waals surface area (Å²) in [6.07, 6.45) is 4.44. The minimum absolute atomic E-state index is 0.000201. The number of thiophene rings is 1. The summed E-state index contributed by atoms with van der Waals surface area (Å²) in [5.74, 6) is -0.0845. The Balaban J connectivity index is 1.43. The summed E-state index contributed by atoms with van der Waals surface area (Å²) in [5, 5.41) is 8.78. The van der Waals surface area contributed by atoms with Gasteiger partial charge in [-0.1, -0.05) is 17.3 Å². The first kappa shape index (κ1) is 19.3. The van der Waals surface area contributed by atoms with Crippen LogP contribution in [0.2, 0.25) is 0 Å². The molecule has 8 heteroatoms. The van der Waals surface area contributed by atoms with E-state index in [4.69, 9.17) is 4.52 Å². The summed E-state index contributed by atoms with van der Waals surface area (Å²) >= 11 is 1.60. The molecule has 4 rings (SSSR count). The third kappa shape index (κ3) is 4.22. The fraction of sp³-hybridized carbons (Fsp3) is 0.333. The molecule has 1 N–H and O–H groups in total. The van der Waals surface area contributed by atoms with Gasteiger partial charge in [0.1, 0.15) is 6.04 Å². The fourth-order valence-electron chi connectivity index (χ4n) is 3.62. The molecule has 7 nitrogen and oxygen atoms in total. The van der Waals surface area contributed by atoms with E-state index in [1.54, 1.807) is 28.5 Å². The van der Waals surface area contributed by atoms with Crippen LogP contribution in [-0.4, -0.2) is 39.9 Å². The van der Waals surface area contributed by atoms with Crippen molar-refractivity contribution in [1.29, 1.82) is 0 Å². The monoisotopic (exact) mass is 410 g/mol. The molecule has 0 spiro atoms. The third-order valence-corrected chi connectivity index (χ3v) is 6.18. The third-order valence-electron chi connectivity index (χ3n) is 5.24. The average molecular weight is 410 g/mol. The highest BCUT2D eigenvalue weighted by Crippen LogP contribution is 2.28. The maximum atomic E-state index is 13.0. The van der Waals surface area contributed by atoms with E-state index in [0.29, 0.717) is 25.9 Å². The Morgan fingerprint density at radius 2 is 2.03 bits per heavy atom. The van der Waals surface area contributed by atoms with Crippen LogP contribution in [0.5, 0.6) is 0 Å². The number of aromatic nitrogens is 2. The number of aryl methyl sites for hydroxylation is 1. The van der Waals surface area contributed by atoms with Crippen molar-refractivity contribution in [2.75, 3.05) is 13.1 Å². The fourth-order valence-corrected chi connectivity index (χ4v) is 4.39. The smallest absolute Gasteiger partial charge is 0.292 e. The quantitative estimate of drug-likeness (QED) is 0.698. The molecule has 1 fully saturated rings. The summed E-state index contributed by atoms with van der Waals surface area (Å²) in [6.45, 7) is 3.04. The van der Waals surface area contributed by atoms with Gasteiger partial charge in [0, 0.05) is 36.1 Å². The summed E-state index contributed by atoms with van der Waals surface area (Å²) in [7, 11) is 0. The molecule has 1 aliphatic heterocycles. The van der Waals surface area contributed by atoms with Crippen LogP contribution in [0.15, 0.2) is 52.6 Å². The van der Waals surface area contributed by atoms with Crippen molar-refractivity contribution in [1.82, 2.24) is 20.4 Å². The molecule has 1 aliphatic rings. The number of hydrogen-bond acceptors (Lipinski definition) is 6. The minimum atomic E-state index is -0.266. The van der Waals surface area contributed by atoms with Crippen molar-refractivity contribution in [3.63, 3.8) is 0 Å². The molecule has 0 aliphatic carbocycles. The van der Waals surface area contributed by atoms with E-state index >= 15 is 0 Å². The maximum Gasteiger partial charge on any atom is 0.292 e. The van der Waals surface area contributed by atoms with Gasteiger partial charge in [-0.15, -0.1) is 11.3 Å². The van der Waals surface area contributed by atoms with Gasteiger partial charge in [-0.05, 0) is 42.8 Å². The van der Waals surface area contributed by atoms with Gasteiger partial charge >= 0.3 is 0 Å². The van der Waals surface area contributed by atoms with Gasteiger partial charge in [-0.2, -0.15) is 0 Å². The van der Waals surface area contributed by atoms with Gasteiger partial charge < -0.3 is 14.7 Å². The topological polar surface area (TPSA) is 88.3 Å². The van der Waals surface area contributed by atoms with Gasteiger partial charge in [0.15, 0.2) is 0 Å². The summed E-state index contributed by atoms with van der Waals surface area (Å²) in [4.78, 5) is 32.7. The van der Waals surface area contributed by atoms with Crippen LogP contribution in [0.3, 0.4) is 0 Å². The Kier molecular flexibility index (Phi) is 5.71. The Morgan fingerprint density at radius 3 is 2.69 bits per heavy atom. The normalized spacial score (nSPS) is 15.8. The molecule has 29 heavy (non-hydrogen) atoms. The lowest BCUT2D eigenvalue weighted by Crippen LogP contribution is -2.43. The standard InChI is InChI=1S/C21H22N4O3S/c1-14-4-2-9-22-18(14)19(17-5-3-13-29-17)24-20(26)15-7-11-25(12-8-15)21(27)16-6-10-23-28-16/h2-6,9-10,13,15,19H,7-8,11-12H2,1H3,(H,24,26). The molecular formula is C21H22N4O3S. The zero-order valence-corrected chi connectivity index (χ0v) is 16.9. The maximum absolute atomic E-state index is 13.0. The number of nitrogens with zero attached hydrogens (tertiary/aromatic N) is 3. The molecule has 1 saturated heterocycles. The highest BCUT2D eigenvalue weighted by atomic mass is 32.1. The molecular weight excluding hydrogens is 388 g/mol. The van der Waals surface area contributed by atoms with Crippen molar-refractivity contribution in [3.8, 4) is 0 Å². The largest absolute Gasteiger partial charge is 0.351 e. The van der Waals surface area contributed by atoms with Crippen molar-refractivity contribution in [3.05, 3.63) is 70.0 Å². The van der Waals surface area contributed by atoms with Crippen LogP contribution >= 0.6 is 11.3 Å². The van der Waals surface area contributed by atoms with Gasteiger partial charge in [0.05, 0.1) is 11.9 Å². The summed E-state index contributed by atoms with van der Waals surface area (Å²) in [6, 6.07) is 9.18. The molecule has 1 atom stereocenters. The van der Waals surface area contributed by atoms with E-state index in [1.165, 1.54) is 6.20 Å². The van der Waals surface area contributed by atoms with E-state index in [1.807, 2.05) is 36.6 Å². The molecule has 150 valence electrons. The zero-order chi connectivity index (χ0) is 20.2. The van der Waals surface area contributed by atoms with Gasteiger partial charge in [0.2, 0.25) is 11.7 Å². The summed E-state index contributed by atoms with van der Waals surface area (Å²) in [5.41, 5.74) is 1.90. The Hall–Kier alpha value is -3.00. The average Bonchev–Trinajstić information content (AvgIpc) is 3.46. The number of piperidine rings is 1. The first-order chi connectivity index (χ1) is 14.1. The number of nitrogens with one attached hydrogen (secondary N) is 1. The Morgan fingerprint density at radius 1 is 1.21 bits per heavy atom. The molecule has 0 radical (unpaired) electrons. The van der Waals surface area contributed by atoms with E-state index < -0.39 is 0 Å². The predicted molar refractivity (Wildman–Crippen MR) is 108 cm³/mol. The van der Waals surface area contributed by atoms with Gasteiger partial charge in [0.25, 0.3) is 5.91 Å². The first-order valence-corrected chi connectivity index (χ1v) is 10.5. The lowest BCUT2D eigenvalue weighted by molar-refractivity contribution is -0.126. The summed E-state index contributed by atoms with van der Waals surface area (Å²) < 4.78 is 4.95. The van der Waals surface area contributed by atoms with Crippen LogP contribution in [0.4, 0.5) is 0 Å². The molecule has 0 bridgehead atoms. The van der Waals surface area contributed by atoms with Crippen LogP contribution < -0.4 is 5.32 Å². The number of likely N-dealkylation sites (tertiary alicyclic amines) is 1.